The molecule has 1 aliphatic heterocycles. The van der Waals surface area contributed by atoms with Crippen LogP contribution in [-0.2, 0) is 14.2 Å². The Kier molecular flexibility index (Phi) is 6.43. The normalized spacial score (nSPS) is 19.5. The third-order valence-corrected chi connectivity index (χ3v) is 5.88. The Morgan fingerprint density at radius 2 is 1.69 bits per heavy atom. The van der Waals surface area contributed by atoms with E-state index in [1.54, 1.807) is 66.3 Å². The Morgan fingerprint density at radius 1 is 1.03 bits per heavy atom. The zero-order valence-corrected chi connectivity index (χ0v) is 19.5. The molecule has 0 N–H and O–H groups in total. The van der Waals surface area contributed by atoms with Crippen molar-refractivity contribution in [2.75, 3.05) is 6.61 Å². The summed E-state index contributed by atoms with van der Waals surface area (Å²) in [5, 5.41) is 0.0927. The Bertz CT molecular complexity index is 1360. The maximum absolute atomic E-state index is 12.8. The van der Waals surface area contributed by atoms with Gasteiger partial charge in [-0.3, -0.25) is 4.57 Å². The van der Waals surface area contributed by atoms with Crippen molar-refractivity contribution in [1.82, 2.24) is 19.5 Å². The first-order valence-corrected chi connectivity index (χ1v) is 11.4. The fourth-order valence-electron chi connectivity index (χ4n) is 3.98. The molecule has 10 heteroatoms. The Hall–Kier alpha value is -3.82. The summed E-state index contributed by atoms with van der Waals surface area (Å²) in [6, 6.07) is 17.3. The predicted octanol–water partition coefficient (Wildman–Crippen LogP) is 4.16. The highest BCUT2D eigenvalue weighted by Gasteiger charge is 2.40. The largest absolute Gasteiger partial charge is 0.459 e. The van der Waals surface area contributed by atoms with Crippen LogP contribution >= 0.6 is 11.6 Å². The van der Waals surface area contributed by atoms with Crippen molar-refractivity contribution in [3.63, 3.8) is 0 Å². The maximum Gasteiger partial charge on any atom is 0.338 e. The monoisotopic (exact) mass is 492 g/mol. The summed E-state index contributed by atoms with van der Waals surface area (Å²) in [4.78, 5) is 38.0. The van der Waals surface area contributed by atoms with Gasteiger partial charge in [0.1, 0.15) is 30.6 Å². The molecular formula is C25H21ClN4O5. The second-order valence-corrected chi connectivity index (χ2v) is 8.38. The number of ether oxygens (including phenoxy) is 3. The third-order valence-electron chi connectivity index (χ3n) is 5.72. The zero-order chi connectivity index (χ0) is 24.4. The van der Waals surface area contributed by atoms with Crippen LogP contribution in [0.5, 0.6) is 0 Å². The Balaban J connectivity index is 1.38. The van der Waals surface area contributed by atoms with Crippen LogP contribution in [0.4, 0.5) is 0 Å². The predicted molar refractivity (Wildman–Crippen MR) is 126 cm³/mol. The van der Waals surface area contributed by atoms with E-state index in [-0.39, 0.29) is 11.9 Å². The van der Waals surface area contributed by atoms with Gasteiger partial charge in [-0.25, -0.2) is 19.6 Å². The number of rotatable bonds is 6. The number of hydrogen-bond acceptors (Lipinski definition) is 8. The molecule has 0 spiro atoms. The summed E-state index contributed by atoms with van der Waals surface area (Å²) in [5.74, 6) is -0.982. The van der Waals surface area contributed by atoms with Crippen LogP contribution in [0.1, 0.15) is 39.1 Å². The summed E-state index contributed by atoms with van der Waals surface area (Å²) in [5.41, 5.74) is 2.57. The van der Waals surface area contributed by atoms with Crippen LogP contribution < -0.4 is 0 Å². The summed E-state index contributed by atoms with van der Waals surface area (Å²) in [7, 11) is 0. The molecule has 5 rings (SSSR count). The molecule has 1 aliphatic rings. The first-order valence-electron chi connectivity index (χ1n) is 11.0. The van der Waals surface area contributed by atoms with Crippen LogP contribution in [0.2, 0.25) is 5.28 Å². The number of hydrogen-bond donors (Lipinski definition) is 0. The minimum Gasteiger partial charge on any atom is -0.459 e. The number of halogens is 1. The number of fused-ring (bicyclic) bond motifs is 1. The van der Waals surface area contributed by atoms with Crippen LogP contribution in [0.3, 0.4) is 0 Å². The molecule has 35 heavy (non-hydrogen) atoms. The van der Waals surface area contributed by atoms with Gasteiger partial charge >= 0.3 is 11.9 Å². The zero-order valence-electron chi connectivity index (χ0n) is 18.7. The number of benzene rings is 2. The van der Waals surface area contributed by atoms with Gasteiger partial charge in [-0.2, -0.15) is 4.98 Å². The van der Waals surface area contributed by atoms with Crippen molar-refractivity contribution in [3.8, 4) is 0 Å². The highest BCUT2D eigenvalue weighted by molar-refractivity contribution is 6.28. The van der Waals surface area contributed by atoms with Gasteiger partial charge in [-0.1, -0.05) is 36.4 Å². The first-order chi connectivity index (χ1) is 17.0. The van der Waals surface area contributed by atoms with E-state index in [0.717, 1.165) is 0 Å². The maximum atomic E-state index is 12.8. The minimum atomic E-state index is -0.698. The molecular weight excluding hydrogens is 472 g/mol. The Labute approximate surface area is 205 Å². The van der Waals surface area contributed by atoms with E-state index in [0.29, 0.717) is 34.4 Å². The molecule has 3 heterocycles. The molecule has 0 aliphatic carbocycles. The minimum absolute atomic E-state index is 0.0927. The molecule has 178 valence electrons. The highest BCUT2D eigenvalue weighted by atomic mass is 35.5. The lowest BCUT2D eigenvalue weighted by molar-refractivity contribution is -0.0563. The van der Waals surface area contributed by atoms with E-state index in [9.17, 15) is 9.59 Å². The van der Waals surface area contributed by atoms with Crippen molar-refractivity contribution >= 4 is 34.7 Å². The van der Waals surface area contributed by atoms with Gasteiger partial charge in [0.25, 0.3) is 0 Å². The van der Waals surface area contributed by atoms with E-state index in [1.807, 2.05) is 12.1 Å². The molecule has 4 aromatic rings. The number of nitrogens with zero attached hydrogens (tertiary/aromatic N) is 4. The molecule has 3 atom stereocenters. The second-order valence-electron chi connectivity index (χ2n) is 8.04. The van der Waals surface area contributed by atoms with Crippen molar-refractivity contribution in [3.05, 3.63) is 89.1 Å². The van der Waals surface area contributed by atoms with Crippen molar-refractivity contribution < 1.29 is 23.8 Å². The SMILES string of the molecule is Cc1nc(Cl)nc2c1ncn2[C@H]1CC(OC(=O)c2ccccc2)[C@@H](COC(=O)c2ccccc2)O1. The van der Waals surface area contributed by atoms with Gasteiger partial charge in [0.2, 0.25) is 5.28 Å². The fourth-order valence-corrected chi connectivity index (χ4v) is 4.18. The van der Waals surface area contributed by atoms with E-state index in [1.165, 1.54) is 0 Å². The third kappa shape index (κ3) is 4.87. The molecule has 0 bridgehead atoms. The van der Waals surface area contributed by atoms with E-state index in [4.69, 9.17) is 25.8 Å². The first kappa shape index (κ1) is 22.9. The molecule has 0 saturated carbocycles. The molecule has 1 unspecified atom stereocenters. The number of imidazole rings is 1. The van der Waals surface area contributed by atoms with Gasteiger partial charge in [0.05, 0.1) is 23.1 Å². The second kappa shape index (κ2) is 9.81. The number of aromatic nitrogens is 4. The van der Waals surface area contributed by atoms with Gasteiger partial charge in [0.15, 0.2) is 5.65 Å². The molecule has 2 aromatic heterocycles. The fraction of sp³-hybridized carbons (Fsp3) is 0.240. The van der Waals surface area contributed by atoms with Crippen molar-refractivity contribution in [1.29, 1.82) is 0 Å². The van der Waals surface area contributed by atoms with Crippen LogP contribution in [0.25, 0.3) is 11.2 Å². The smallest absolute Gasteiger partial charge is 0.338 e. The number of aryl methyl sites for hydroxylation is 1. The highest BCUT2D eigenvalue weighted by Crippen LogP contribution is 2.34. The van der Waals surface area contributed by atoms with Crippen LogP contribution in [0, 0.1) is 6.92 Å². The van der Waals surface area contributed by atoms with Crippen molar-refractivity contribution in [2.24, 2.45) is 0 Å². The van der Waals surface area contributed by atoms with Gasteiger partial charge in [-0.05, 0) is 42.8 Å². The molecule has 9 nitrogen and oxygen atoms in total. The van der Waals surface area contributed by atoms with Crippen LogP contribution in [-0.4, -0.2) is 50.3 Å². The lowest BCUT2D eigenvalue weighted by Crippen LogP contribution is -2.32. The summed E-state index contributed by atoms with van der Waals surface area (Å²) >= 11 is 6.07. The average molecular weight is 493 g/mol. The van der Waals surface area contributed by atoms with Crippen LogP contribution in [0.15, 0.2) is 67.0 Å². The Morgan fingerprint density at radius 3 is 2.37 bits per heavy atom. The lowest BCUT2D eigenvalue weighted by atomic mass is 10.1. The number of carbonyl (C=O) groups is 2. The quantitative estimate of drug-likeness (QED) is 0.292. The molecule has 1 saturated heterocycles. The standard InChI is InChI=1S/C25H21ClN4O5/c1-15-21-22(29-25(26)28-15)30(14-27-21)20-12-18(35-24(32)17-10-6-3-7-11-17)19(34-20)13-33-23(31)16-8-4-2-5-9-16/h2-11,14,18-20H,12-13H2,1H3/t18?,19-,20-/m1/s1. The van der Waals surface area contributed by atoms with Gasteiger partial charge in [0, 0.05) is 6.42 Å². The topological polar surface area (TPSA) is 105 Å². The average Bonchev–Trinajstić information content (AvgIpc) is 3.47. The summed E-state index contributed by atoms with van der Waals surface area (Å²) < 4.78 is 19.2. The molecule has 1 fully saturated rings. The van der Waals surface area contributed by atoms with E-state index >= 15 is 0 Å². The van der Waals surface area contributed by atoms with E-state index in [2.05, 4.69) is 15.0 Å². The van der Waals surface area contributed by atoms with Gasteiger partial charge < -0.3 is 14.2 Å². The number of carbonyl (C=O) groups excluding carboxylic acids is 2. The van der Waals surface area contributed by atoms with E-state index < -0.39 is 30.4 Å². The van der Waals surface area contributed by atoms with Crippen molar-refractivity contribution in [2.45, 2.75) is 31.8 Å². The summed E-state index contributed by atoms with van der Waals surface area (Å²) in [6.07, 6.45) is -0.0530. The lowest BCUT2D eigenvalue weighted by Gasteiger charge is -2.19. The summed E-state index contributed by atoms with van der Waals surface area (Å²) in [6.45, 7) is 1.69. The number of esters is 2. The molecule has 2 aromatic carbocycles. The van der Waals surface area contributed by atoms with Gasteiger partial charge in [-0.15, -0.1) is 0 Å². The molecule has 0 amide bonds. The molecule has 0 radical (unpaired) electrons.